The van der Waals surface area contributed by atoms with E-state index in [9.17, 15) is 17.6 Å². The number of benzene rings is 1. The van der Waals surface area contributed by atoms with Crippen molar-refractivity contribution >= 4 is 15.8 Å². The van der Waals surface area contributed by atoms with Crippen LogP contribution in [0.15, 0.2) is 23.1 Å². The lowest BCUT2D eigenvalue weighted by Crippen LogP contribution is -2.13. The van der Waals surface area contributed by atoms with Gasteiger partial charge in [-0.3, -0.25) is 4.79 Å². The van der Waals surface area contributed by atoms with Crippen LogP contribution in [0.25, 0.3) is 0 Å². The first-order valence-electron chi connectivity index (χ1n) is 5.18. The maximum Gasteiger partial charge on any atom is 0.303 e. The zero-order chi connectivity index (χ0) is 13.9. The fraction of sp³-hybridized carbons (Fsp3) is 0.364. The van der Waals surface area contributed by atoms with E-state index in [2.05, 4.69) is 0 Å². The van der Waals surface area contributed by atoms with Gasteiger partial charge in [0.25, 0.3) is 0 Å². The lowest BCUT2D eigenvalue weighted by atomic mass is 10.0. The van der Waals surface area contributed by atoms with Crippen LogP contribution in [-0.2, 0) is 14.6 Å². The quantitative estimate of drug-likeness (QED) is 0.838. The van der Waals surface area contributed by atoms with Crippen LogP contribution in [0.2, 0.25) is 0 Å². The number of halogens is 1. The fourth-order valence-corrected chi connectivity index (χ4v) is 2.25. The molecule has 0 heterocycles. The Hall–Kier alpha value is -1.47. The summed E-state index contributed by atoms with van der Waals surface area (Å²) in [5.74, 6) is -1.83. The average Bonchev–Trinajstić information content (AvgIpc) is 2.24. The Bertz CT molecular complexity index is 556. The Morgan fingerprint density at radius 2 is 2.11 bits per heavy atom. The SMILES string of the molecule is CS(=O)(=O)c1cc(C(N)CCC(=O)O)ccc1F. The highest BCUT2D eigenvalue weighted by atomic mass is 32.2. The van der Waals surface area contributed by atoms with Crippen LogP contribution >= 0.6 is 0 Å². The van der Waals surface area contributed by atoms with E-state index in [4.69, 9.17) is 10.8 Å². The average molecular weight is 275 g/mol. The van der Waals surface area contributed by atoms with Gasteiger partial charge in [-0.05, 0) is 24.1 Å². The summed E-state index contributed by atoms with van der Waals surface area (Å²) in [6.45, 7) is 0. The van der Waals surface area contributed by atoms with E-state index in [1.54, 1.807) is 0 Å². The maximum absolute atomic E-state index is 13.3. The molecule has 0 saturated carbocycles. The van der Waals surface area contributed by atoms with E-state index in [1.807, 2.05) is 0 Å². The molecule has 0 aliphatic carbocycles. The maximum atomic E-state index is 13.3. The first kappa shape index (κ1) is 14.6. The highest BCUT2D eigenvalue weighted by Gasteiger charge is 2.17. The molecule has 0 aliphatic rings. The topological polar surface area (TPSA) is 97.5 Å². The van der Waals surface area contributed by atoms with E-state index < -0.39 is 32.6 Å². The van der Waals surface area contributed by atoms with Crippen LogP contribution in [0.1, 0.15) is 24.4 Å². The van der Waals surface area contributed by atoms with Gasteiger partial charge in [-0.25, -0.2) is 12.8 Å². The van der Waals surface area contributed by atoms with Crippen LogP contribution in [0.5, 0.6) is 0 Å². The van der Waals surface area contributed by atoms with Gasteiger partial charge in [0, 0.05) is 18.7 Å². The molecule has 100 valence electrons. The minimum absolute atomic E-state index is 0.132. The highest BCUT2D eigenvalue weighted by molar-refractivity contribution is 7.90. The highest BCUT2D eigenvalue weighted by Crippen LogP contribution is 2.22. The summed E-state index contributed by atoms with van der Waals surface area (Å²) < 4.78 is 36.0. The number of nitrogens with two attached hydrogens (primary N) is 1. The molecule has 0 saturated heterocycles. The van der Waals surface area contributed by atoms with Crippen molar-refractivity contribution in [1.29, 1.82) is 0 Å². The van der Waals surface area contributed by atoms with Gasteiger partial charge in [0.05, 0.1) is 0 Å². The zero-order valence-corrected chi connectivity index (χ0v) is 10.6. The Morgan fingerprint density at radius 3 is 2.61 bits per heavy atom. The monoisotopic (exact) mass is 275 g/mol. The Morgan fingerprint density at radius 1 is 1.50 bits per heavy atom. The van der Waals surface area contributed by atoms with Crippen LogP contribution in [0, 0.1) is 5.82 Å². The predicted molar refractivity (Wildman–Crippen MR) is 63.3 cm³/mol. The van der Waals surface area contributed by atoms with Crippen LogP contribution < -0.4 is 5.73 Å². The van der Waals surface area contributed by atoms with Crippen molar-refractivity contribution in [2.75, 3.05) is 6.26 Å². The summed E-state index contributed by atoms with van der Waals surface area (Å²) in [7, 11) is -3.67. The second-order valence-electron chi connectivity index (χ2n) is 4.00. The van der Waals surface area contributed by atoms with Crippen molar-refractivity contribution in [1.82, 2.24) is 0 Å². The number of hydrogen-bond donors (Lipinski definition) is 2. The Balaban J connectivity index is 3.02. The molecule has 3 N–H and O–H groups in total. The van der Waals surface area contributed by atoms with Gasteiger partial charge in [-0.15, -0.1) is 0 Å². The number of hydrogen-bond acceptors (Lipinski definition) is 4. The number of aliphatic carboxylic acids is 1. The molecule has 0 spiro atoms. The molecule has 1 aromatic carbocycles. The molecule has 0 bridgehead atoms. The lowest BCUT2D eigenvalue weighted by Gasteiger charge is -2.12. The number of carboxylic acids is 1. The van der Waals surface area contributed by atoms with Gasteiger partial charge in [-0.1, -0.05) is 6.07 Å². The van der Waals surface area contributed by atoms with Gasteiger partial charge < -0.3 is 10.8 Å². The number of carbonyl (C=O) groups is 1. The normalized spacial score (nSPS) is 13.3. The van der Waals surface area contributed by atoms with E-state index in [1.165, 1.54) is 6.07 Å². The Kier molecular flexibility index (Phi) is 4.42. The lowest BCUT2D eigenvalue weighted by molar-refractivity contribution is -0.137. The molecule has 18 heavy (non-hydrogen) atoms. The van der Waals surface area contributed by atoms with Crippen LogP contribution in [0.3, 0.4) is 0 Å². The standard InChI is InChI=1S/C11H14FNO4S/c1-18(16,17)10-6-7(2-3-8(10)12)9(13)4-5-11(14)15/h2-3,6,9H,4-5,13H2,1H3,(H,14,15). The zero-order valence-electron chi connectivity index (χ0n) is 9.76. The first-order valence-corrected chi connectivity index (χ1v) is 7.08. The largest absolute Gasteiger partial charge is 0.481 e. The van der Waals surface area contributed by atoms with E-state index in [-0.39, 0.29) is 12.8 Å². The van der Waals surface area contributed by atoms with Crippen molar-refractivity contribution in [3.8, 4) is 0 Å². The second kappa shape index (κ2) is 5.45. The van der Waals surface area contributed by atoms with Crippen LogP contribution in [-0.4, -0.2) is 25.7 Å². The van der Waals surface area contributed by atoms with Gasteiger partial charge in [0.1, 0.15) is 10.7 Å². The molecule has 0 aromatic heterocycles. The summed E-state index contributed by atoms with van der Waals surface area (Å²) in [6, 6.07) is 2.89. The van der Waals surface area contributed by atoms with E-state index >= 15 is 0 Å². The molecule has 1 aromatic rings. The first-order chi connectivity index (χ1) is 8.21. The number of sulfone groups is 1. The minimum atomic E-state index is -3.67. The van der Waals surface area contributed by atoms with E-state index in [0.29, 0.717) is 5.56 Å². The third-order valence-electron chi connectivity index (χ3n) is 2.45. The summed E-state index contributed by atoms with van der Waals surface area (Å²) in [4.78, 5) is 9.98. The summed E-state index contributed by atoms with van der Waals surface area (Å²) in [6.07, 6.45) is 0.925. The number of rotatable bonds is 5. The molecule has 0 fully saturated rings. The Labute approximate surface area is 104 Å². The molecular weight excluding hydrogens is 261 g/mol. The number of carboxylic acid groups (broad SMARTS) is 1. The van der Waals surface area contributed by atoms with Gasteiger partial charge in [0.2, 0.25) is 0 Å². The molecule has 1 unspecified atom stereocenters. The molecule has 5 nitrogen and oxygen atoms in total. The van der Waals surface area contributed by atoms with E-state index in [0.717, 1.165) is 18.4 Å². The summed E-state index contributed by atoms with van der Waals surface area (Å²) in [5, 5.41) is 8.53. The van der Waals surface area contributed by atoms with Crippen molar-refractivity contribution in [3.05, 3.63) is 29.6 Å². The molecule has 1 atom stereocenters. The molecule has 0 aliphatic heterocycles. The molecule has 1 rings (SSSR count). The van der Waals surface area contributed by atoms with Gasteiger partial charge in [0.15, 0.2) is 9.84 Å². The van der Waals surface area contributed by atoms with Gasteiger partial charge >= 0.3 is 5.97 Å². The van der Waals surface area contributed by atoms with Crippen molar-refractivity contribution in [2.45, 2.75) is 23.8 Å². The predicted octanol–water partition coefficient (Wildman–Crippen LogP) is 1.09. The smallest absolute Gasteiger partial charge is 0.303 e. The molecule has 7 heteroatoms. The third-order valence-corrected chi connectivity index (χ3v) is 3.56. The molecule has 0 amide bonds. The van der Waals surface area contributed by atoms with Crippen molar-refractivity contribution < 1.29 is 22.7 Å². The minimum Gasteiger partial charge on any atom is -0.481 e. The fourth-order valence-electron chi connectivity index (χ4n) is 1.48. The van der Waals surface area contributed by atoms with Crippen molar-refractivity contribution in [2.24, 2.45) is 5.73 Å². The van der Waals surface area contributed by atoms with Crippen LogP contribution in [0.4, 0.5) is 4.39 Å². The summed E-state index contributed by atoms with van der Waals surface area (Å²) >= 11 is 0. The second-order valence-corrected chi connectivity index (χ2v) is 5.99. The molecule has 0 radical (unpaired) electrons. The van der Waals surface area contributed by atoms with Gasteiger partial charge in [-0.2, -0.15) is 0 Å². The van der Waals surface area contributed by atoms with Crippen molar-refractivity contribution in [3.63, 3.8) is 0 Å². The molecular formula is C11H14FNO4S. The summed E-state index contributed by atoms with van der Waals surface area (Å²) in [5.41, 5.74) is 6.13. The third kappa shape index (κ3) is 3.78.